The van der Waals surface area contributed by atoms with Crippen molar-refractivity contribution in [3.05, 3.63) is 18.0 Å². The van der Waals surface area contributed by atoms with Gasteiger partial charge < -0.3 is 15.0 Å². The van der Waals surface area contributed by atoms with Gasteiger partial charge in [-0.25, -0.2) is 0 Å². The number of morpholine rings is 1. The van der Waals surface area contributed by atoms with Crippen molar-refractivity contribution in [1.82, 2.24) is 20.0 Å². The van der Waals surface area contributed by atoms with Gasteiger partial charge in [-0.05, 0) is 26.3 Å². The van der Waals surface area contributed by atoms with E-state index in [9.17, 15) is 4.79 Å². The molecule has 6 heteroatoms. The van der Waals surface area contributed by atoms with Crippen LogP contribution < -0.4 is 5.32 Å². The molecule has 22 heavy (non-hydrogen) atoms. The summed E-state index contributed by atoms with van der Waals surface area (Å²) in [6.45, 7) is 9.05. The van der Waals surface area contributed by atoms with Crippen LogP contribution in [0.4, 0.5) is 0 Å². The van der Waals surface area contributed by atoms with Crippen LogP contribution in [0, 0.1) is 5.92 Å². The van der Waals surface area contributed by atoms with Crippen LogP contribution in [-0.2, 0) is 16.6 Å². The van der Waals surface area contributed by atoms with Crippen molar-refractivity contribution >= 4 is 5.91 Å². The highest BCUT2D eigenvalue weighted by Gasteiger charge is 2.41. The van der Waals surface area contributed by atoms with Crippen molar-refractivity contribution in [3.8, 4) is 0 Å². The molecule has 122 valence electrons. The van der Waals surface area contributed by atoms with Gasteiger partial charge in [-0.3, -0.25) is 9.48 Å². The highest BCUT2D eigenvalue weighted by atomic mass is 16.5. The van der Waals surface area contributed by atoms with Crippen LogP contribution in [0.1, 0.15) is 32.3 Å². The Morgan fingerprint density at radius 1 is 1.45 bits per heavy atom. The molecule has 2 saturated heterocycles. The number of hydrogen-bond donors (Lipinski definition) is 1. The number of nitrogens with zero attached hydrogens (tertiary/aromatic N) is 3. The lowest BCUT2D eigenvalue weighted by atomic mass is 9.89. The van der Waals surface area contributed by atoms with Gasteiger partial charge in [0.15, 0.2) is 0 Å². The number of rotatable bonds is 2. The first-order valence-corrected chi connectivity index (χ1v) is 8.01. The van der Waals surface area contributed by atoms with Gasteiger partial charge in [0.2, 0.25) is 5.91 Å². The maximum absolute atomic E-state index is 13.0. The van der Waals surface area contributed by atoms with Crippen LogP contribution in [0.25, 0.3) is 0 Å². The fraction of sp³-hybridized carbons (Fsp3) is 0.750. The molecule has 2 aliphatic rings. The lowest BCUT2D eigenvalue weighted by Crippen LogP contribution is -2.55. The maximum atomic E-state index is 13.0. The highest BCUT2D eigenvalue weighted by Crippen LogP contribution is 2.31. The van der Waals surface area contributed by atoms with Gasteiger partial charge >= 0.3 is 0 Å². The second-order valence-corrected chi connectivity index (χ2v) is 7.23. The van der Waals surface area contributed by atoms with E-state index in [0.717, 1.165) is 18.7 Å². The molecule has 0 aromatic carbocycles. The lowest BCUT2D eigenvalue weighted by molar-refractivity contribution is -0.161. The van der Waals surface area contributed by atoms with E-state index in [4.69, 9.17) is 4.74 Å². The van der Waals surface area contributed by atoms with Crippen LogP contribution in [0.15, 0.2) is 12.4 Å². The lowest BCUT2D eigenvalue weighted by Gasteiger charge is -2.43. The molecule has 1 aromatic rings. The van der Waals surface area contributed by atoms with E-state index in [2.05, 4.69) is 24.3 Å². The third-order valence-electron chi connectivity index (χ3n) is 4.57. The predicted octanol–water partition coefficient (Wildman–Crippen LogP) is 0.749. The second-order valence-electron chi connectivity index (χ2n) is 7.23. The van der Waals surface area contributed by atoms with E-state index in [1.807, 2.05) is 31.3 Å². The Morgan fingerprint density at radius 3 is 2.86 bits per heavy atom. The molecule has 3 heterocycles. The van der Waals surface area contributed by atoms with Gasteiger partial charge in [-0.15, -0.1) is 0 Å². The summed E-state index contributed by atoms with van der Waals surface area (Å²) in [5.74, 6) is 0.440. The Bertz CT molecular complexity index is 554. The monoisotopic (exact) mass is 306 g/mol. The van der Waals surface area contributed by atoms with Gasteiger partial charge in [-0.1, -0.05) is 0 Å². The number of carbonyl (C=O) groups excluding carboxylic acids is 1. The normalized spacial score (nSPS) is 31.5. The van der Waals surface area contributed by atoms with Gasteiger partial charge in [0.05, 0.1) is 23.8 Å². The molecule has 2 fully saturated rings. The Hall–Kier alpha value is -1.40. The van der Waals surface area contributed by atoms with Crippen LogP contribution in [-0.4, -0.2) is 58.5 Å². The first-order chi connectivity index (χ1) is 10.4. The quantitative estimate of drug-likeness (QED) is 0.876. The zero-order valence-electron chi connectivity index (χ0n) is 13.9. The zero-order valence-corrected chi connectivity index (χ0v) is 13.9. The molecule has 0 bridgehead atoms. The molecular formula is C16H26N4O2. The van der Waals surface area contributed by atoms with Crippen LogP contribution in [0.2, 0.25) is 0 Å². The van der Waals surface area contributed by atoms with Crippen LogP contribution in [0.3, 0.4) is 0 Å². The number of nitrogens with one attached hydrogen (secondary N) is 1. The molecule has 1 N–H and O–H groups in total. The number of aromatic nitrogens is 2. The minimum atomic E-state index is -0.275. The molecule has 0 aliphatic carbocycles. The fourth-order valence-corrected chi connectivity index (χ4v) is 3.78. The summed E-state index contributed by atoms with van der Waals surface area (Å²) in [6, 6.07) is 0. The molecule has 3 rings (SSSR count). The van der Waals surface area contributed by atoms with Gasteiger partial charge in [0.25, 0.3) is 0 Å². The highest BCUT2D eigenvalue weighted by molar-refractivity contribution is 5.81. The third-order valence-corrected chi connectivity index (χ3v) is 4.57. The Kier molecular flexibility index (Phi) is 3.99. The first kappa shape index (κ1) is 15.5. The SMILES string of the molecule is CC1CN(C(=O)[C@H]2CNC[C@@H]2c2cnn(C)c2)CC(C)(C)O1. The number of carbonyl (C=O) groups is 1. The Morgan fingerprint density at radius 2 is 2.23 bits per heavy atom. The molecule has 6 nitrogen and oxygen atoms in total. The van der Waals surface area contributed by atoms with Crippen molar-refractivity contribution in [2.45, 2.75) is 38.4 Å². The smallest absolute Gasteiger partial charge is 0.227 e. The van der Waals surface area contributed by atoms with Crippen LogP contribution in [0.5, 0.6) is 0 Å². The summed E-state index contributed by atoms with van der Waals surface area (Å²) in [6.07, 6.45) is 3.98. The summed E-state index contributed by atoms with van der Waals surface area (Å²) in [7, 11) is 1.91. The van der Waals surface area contributed by atoms with Crippen molar-refractivity contribution in [1.29, 1.82) is 0 Å². The van der Waals surface area contributed by atoms with E-state index in [0.29, 0.717) is 13.1 Å². The van der Waals surface area contributed by atoms with Gasteiger partial charge in [-0.2, -0.15) is 5.10 Å². The van der Waals surface area contributed by atoms with E-state index in [-0.39, 0.29) is 29.4 Å². The van der Waals surface area contributed by atoms with E-state index in [1.54, 1.807) is 4.68 Å². The van der Waals surface area contributed by atoms with Crippen molar-refractivity contribution in [2.75, 3.05) is 26.2 Å². The minimum absolute atomic E-state index is 0.00898. The molecule has 1 aromatic heterocycles. The standard InChI is InChI=1S/C16H26N4O2/c1-11-8-20(10-16(2,3)22-11)15(21)14-7-17-6-13(14)12-5-18-19(4)9-12/h5,9,11,13-14,17H,6-8,10H2,1-4H3/t11?,13-,14+/m1/s1. The zero-order chi connectivity index (χ0) is 15.9. The van der Waals surface area contributed by atoms with Crippen molar-refractivity contribution in [2.24, 2.45) is 13.0 Å². The average Bonchev–Trinajstić information content (AvgIpc) is 3.03. The summed E-state index contributed by atoms with van der Waals surface area (Å²) in [4.78, 5) is 15.0. The molecule has 3 atom stereocenters. The van der Waals surface area contributed by atoms with Crippen molar-refractivity contribution < 1.29 is 9.53 Å². The Labute approximate surface area is 131 Å². The summed E-state index contributed by atoms with van der Waals surface area (Å²) < 4.78 is 7.71. The van der Waals surface area contributed by atoms with Gasteiger partial charge in [0.1, 0.15) is 0 Å². The fourth-order valence-electron chi connectivity index (χ4n) is 3.78. The molecule has 0 spiro atoms. The Balaban J connectivity index is 1.76. The van der Waals surface area contributed by atoms with Crippen LogP contribution >= 0.6 is 0 Å². The predicted molar refractivity (Wildman–Crippen MR) is 83.5 cm³/mol. The molecule has 1 unspecified atom stereocenters. The molecule has 0 saturated carbocycles. The van der Waals surface area contributed by atoms with E-state index in [1.165, 1.54) is 0 Å². The number of ether oxygens (including phenoxy) is 1. The number of hydrogen-bond acceptors (Lipinski definition) is 4. The molecule has 2 aliphatic heterocycles. The molecule has 0 radical (unpaired) electrons. The summed E-state index contributed by atoms with van der Waals surface area (Å²) in [5, 5.41) is 7.61. The second kappa shape index (κ2) is 5.66. The number of aryl methyl sites for hydroxylation is 1. The molecule has 1 amide bonds. The first-order valence-electron chi connectivity index (χ1n) is 8.01. The summed E-state index contributed by atoms with van der Waals surface area (Å²) >= 11 is 0. The third kappa shape index (κ3) is 3.03. The van der Waals surface area contributed by atoms with Crippen molar-refractivity contribution in [3.63, 3.8) is 0 Å². The minimum Gasteiger partial charge on any atom is -0.369 e. The largest absolute Gasteiger partial charge is 0.369 e. The average molecular weight is 306 g/mol. The molecular weight excluding hydrogens is 280 g/mol. The van der Waals surface area contributed by atoms with E-state index >= 15 is 0 Å². The summed E-state index contributed by atoms with van der Waals surface area (Å²) in [5.41, 5.74) is 0.870. The topological polar surface area (TPSA) is 59.4 Å². The maximum Gasteiger partial charge on any atom is 0.227 e. The van der Waals surface area contributed by atoms with E-state index < -0.39 is 0 Å². The number of amides is 1. The van der Waals surface area contributed by atoms with Gasteiger partial charge in [0, 0.05) is 45.3 Å².